The summed E-state index contributed by atoms with van der Waals surface area (Å²) in [5, 5.41) is 4.80. The van der Waals surface area contributed by atoms with E-state index in [9.17, 15) is 0 Å². The fourth-order valence-electron chi connectivity index (χ4n) is 2.30. The molecule has 2 unspecified atom stereocenters. The number of ether oxygens (including phenoxy) is 1. The number of rotatable bonds is 1. The fourth-order valence-corrected chi connectivity index (χ4v) is 2.55. The molecule has 3 nitrogen and oxygen atoms in total. The van der Waals surface area contributed by atoms with Crippen LogP contribution in [0.15, 0.2) is 6.20 Å². The van der Waals surface area contributed by atoms with E-state index >= 15 is 0 Å². The van der Waals surface area contributed by atoms with Gasteiger partial charge >= 0.3 is 0 Å². The highest BCUT2D eigenvalue weighted by Gasteiger charge is 2.30. The summed E-state index contributed by atoms with van der Waals surface area (Å²) in [6, 6.07) is 0. The van der Waals surface area contributed by atoms with E-state index in [1.54, 1.807) is 0 Å². The second-order valence-electron chi connectivity index (χ2n) is 5.84. The summed E-state index contributed by atoms with van der Waals surface area (Å²) in [5.74, 6) is 0. The molecule has 0 aliphatic carbocycles. The smallest absolute Gasteiger partial charge is 0.0872 e. The number of alkyl halides is 1. The lowest BCUT2D eigenvalue weighted by molar-refractivity contribution is 0.0158. The number of aryl methyl sites for hydroxylation is 1. The molecule has 0 aromatic carbocycles. The van der Waals surface area contributed by atoms with Gasteiger partial charge in [0, 0.05) is 36.2 Å². The lowest BCUT2D eigenvalue weighted by atomic mass is 9.87. The van der Waals surface area contributed by atoms with Gasteiger partial charge in [-0.2, -0.15) is 5.10 Å². The normalized spacial score (nSPS) is 26.2. The minimum Gasteiger partial charge on any atom is -0.373 e. The molecule has 96 valence electrons. The summed E-state index contributed by atoms with van der Waals surface area (Å²) in [4.78, 5) is 0. The Morgan fingerprint density at radius 3 is 2.76 bits per heavy atom. The number of hydrogen-bond acceptors (Lipinski definition) is 2. The molecule has 1 aliphatic heterocycles. The summed E-state index contributed by atoms with van der Waals surface area (Å²) in [5.41, 5.74) is 2.36. The number of nitrogens with zero attached hydrogens (tertiary/aromatic N) is 2. The maximum atomic E-state index is 6.23. The lowest BCUT2D eigenvalue weighted by Gasteiger charge is -2.28. The third kappa shape index (κ3) is 2.83. The van der Waals surface area contributed by atoms with Crippen molar-refractivity contribution in [3.63, 3.8) is 0 Å². The van der Waals surface area contributed by atoms with Crippen LogP contribution in [0.5, 0.6) is 0 Å². The first-order valence-corrected chi connectivity index (χ1v) is 6.61. The summed E-state index contributed by atoms with van der Waals surface area (Å²) in [7, 11) is 1.96. The molecule has 1 aromatic heterocycles. The van der Waals surface area contributed by atoms with E-state index in [0.717, 1.165) is 25.1 Å². The molecule has 2 rings (SSSR count). The van der Waals surface area contributed by atoms with Crippen LogP contribution in [0.25, 0.3) is 0 Å². The highest BCUT2D eigenvalue weighted by molar-refractivity contribution is 6.20. The third-order valence-electron chi connectivity index (χ3n) is 3.13. The van der Waals surface area contributed by atoms with Crippen LogP contribution < -0.4 is 0 Å². The van der Waals surface area contributed by atoms with Crippen molar-refractivity contribution in [2.45, 2.75) is 50.5 Å². The van der Waals surface area contributed by atoms with Crippen molar-refractivity contribution in [1.82, 2.24) is 9.78 Å². The van der Waals surface area contributed by atoms with Crippen LogP contribution >= 0.6 is 11.6 Å². The van der Waals surface area contributed by atoms with Crippen molar-refractivity contribution in [3.05, 3.63) is 17.5 Å². The average Bonchev–Trinajstić information content (AvgIpc) is 2.60. The monoisotopic (exact) mass is 256 g/mol. The third-order valence-corrected chi connectivity index (χ3v) is 3.53. The van der Waals surface area contributed by atoms with Gasteiger partial charge in [-0.15, -0.1) is 11.6 Å². The Hall–Kier alpha value is -0.540. The van der Waals surface area contributed by atoms with Crippen molar-refractivity contribution in [1.29, 1.82) is 0 Å². The molecule has 0 bridgehead atoms. The zero-order valence-corrected chi connectivity index (χ0v) is 11.8. The van der Waals surface area contributed by atoms with Crippen LogP contribution in [0.4, 0.5) is 0 Å². The topological polar surface area (TPSA) is 27.1 Å². The summed E-state index contributed by atoms with van der Waals surface area (Å²) < 4.78 is 7.72. The van der Waals surface area contributed by atoms with Gasteiger partial charge in [0.2, 0.25) is 0 Å². The molecule has 0 saturated carbocycles. The van der Waals surface area contributed by atoms with Crippen molar-refractivity contribution in [2.75, 3.05) is 6.61 Å². The largest absolute Gasteiger partial charge is 0.373 e. The van der Waals surface area contributed by atoms with Gasteiger partial charge in [0.15, 0.2) is 0 Å². The Bertz CT molecular complexity index is 395. The van der Waals surface area contributed by atoms with E-state index in [-0.39, 0.29) is 16.9 Å². The minimum absolute atomic E-state index is 0.0409. The van der Waals surface area contributed by atoms with E-state index in [1.165, 1.54) is 5.56 Å². The molecule has 1 fully saturated rings. The van der Waals surface area contributed by atoms with Crippen LogP contribution in [0.1, 0.15) is 51.0 Å². The zero-order chi connectivity index (χ0) is 12.6. The van der Waals surface area contributed by atoms with Gasteiger partial charge in [0.25, 0.3) is 0 Å². The van der Waals surface area contributed by atoms with Gasteiger partial charge in [-0.3, -0.25) is 4.68 Å². The van der Waals surface area contributed by atoms with Gasteiger partial charge < -0.3 is 4.74 Å². The average molecular weight is 257 g/mol. The second kappa shape index (κ2) is 4.62. The van der Waals surface area contributed by atoms with Crippen LogP contribution in [0, 0.1) is 0 Å². The molecule has 17 heavy (non-hydrogen) atoms. The minimum atomic E-state index is 0.0409. The van der Waals surface area contributed by atoms with Crippen molar-refractivity contribution in [3.8, 4) is 0 Å². The molecule has 1 aliphatic rings. The summed E-state index contributed by atoms with van der Waals surface area (Å²) in [6.45, 7) is 7.29. The Morgan fingerprint density at radius 2 is 2.18 bits per heavy atom. The van der Waals surface area contributed by atoms with Crippen LogP contribution in [0.3, 0.4) is 0 Å². The number of halogens is 1. The first kappa shape index (κ1) is 12.9. The summed E-state index contributed by atoms with van der Waals surface area (Å²) in [6.07, 6.45) is 4.01. The predicted molar refractivity (Wildman–Crippen MR) is 69.5 cm³/mol. The van der Waals surface area contributed by atoms with E-state index < -0.39 is 0 Å². The van der Waals surface area contributed by atoms with Crippen molar-refractivity contribution < 1.29 is 4.74 Å². The molecular formula is C13H21ClN2O. The van der Waals surface area contributed by atoms with Crippen LogP contribution in [-0.2, 0) is 17.2 Å². The van der Waals surface area contributed by atoms with Gasteiger partial charge in [0.1, 0.15) is 0 Å². The molecular weight excluding hydrogens is 236 g/mol. The molecule has 0 spiro atoms. The molecule has 0 amide bonds. The number of hydrogen-bond donors (Lipinski definition) is 0. The van der Waals surface area contributed by atoms with Crippen molar-refractivity contribution in [2.24, 2.45) is 7.05 Å². The van der Waals surface area contributed by atoms with Crippen LogP contribution in [0.2, 0.25) is 0 Å². The molecule has 1 aromatic rings. The SMILES string of the molecule is Cn1cc(C2CC(Cl)CCO2)c(C(C)(C)C)n1. The first-order chi connectivity index (χ1) is 7.88. The number of aromatic nitrogens is 2. The molecule has 2 atom stereocenters. The maximum Gasteiger partial charge on any atom is 0.0872 e. The molecule has 4 heteroatoms. The molecule has 0 radical (unpaired) electrons. The first-order valence-electron chi connectivity index (χ1n) is 6.17. The van der Waals surface area contributed by atoms with E-state index in [0.29, 0.717) is 0 Å². The Morgan fingerprint density at radius 1 is 1.47 bits per heavy atom. The highest BCUT2D eigenvalue weighted by atomic mass is 35.5. The standard InChI is InChI=1S/C13H21ClN2O/c1-13(2,3)12-10(8-16(4)15-12)11-7-9(14)5-6-17-11/h8-9,11H,5-7H2,1-4H3. The fraction of sp³-hybridized carbons (Fsp3) is 0.769. The molecule has 1 saturated heterocycles. The zero-order valence-electron chi connectivity index (χ0n) is 11.0. The molecule has 0 N–H and O–H groups in total. The van der Waals surface area contributed by atoms with Gasteiger partial charge in [-0.1, -0.05) is 20.8 Å². The lowest BCUT2D eigenvalue weighted by Crippen LogP contribution is -2.23. The second-order valence-corrected chi connectivity index (χ2v) is 6.46. The Labute approximate surface area is 108 Å². The summed E-state index contributed by atoms with van der Waals surface area (Å²) >= 11 is 6.23. The highest BCUT2D eigenvalue weighted by Crippen LogP contribution is 2.36. The quantitative estimate of drug-likeness (QED) is 0.722. The van der Waals surface area contributed by atoms with E-state index in [1.807, 2.05) is 11.7 Å². The molecule has 2 heterocycles. The van der Waals surface area contributed by atoms with Gasteiger partial charge in [0.05, 0.1) is 11.8 Å². The Kier molecular flexibility index (Phi) is 3.50. The van der Waals surface area contributed by atoms with Crippen LogP contribution in [-0.4, -0.2) is 21.8 Å². The van der Waals surface area contributed by atoms with Crippen molar-refractivity contribution >= 4 is 11.6 Å². The predicted octanol–water partition coefficient (Wildman–Crippen LogP) is 3.18. The Balaban J connectivity index is 2.31. The van der Waals surface area contributed by atoms with E-state index in [4.69, 9.17) is 16.3 Å². The maximum absolute atomic E-state index is 6.23. The van der Waals surface area contributed by atoms with Gasteiger partial charge in [-0.25, -0.2) is 0 Å². The van der Waals surface area contributed by atoms with E-state index in [2.05, 4.69) is 32.1 Å². The van der Waals surface area contributed by atoms with Gasteiger partial charge in [-0.05, 0) is 12.8 Å².